The van der Waals surface area contributed by atoms with Crippen molar-refractivity contribution < 1.29 is 9.53 Å². The number of ether oxygens (including phenoxy) is 1. The summed E-state index contributed by atoms with van der Waals surface area (Å²) in [5.41, 5.74) is 2.70. The zero-order valence-corrected chi connectivity index (χ0v) is 13.7. The number of hydrogen-bond donors (Lipinski definition) is 1. The van der Waals surface area contributed by atoms with Gasteiger partial charge in [0.1, 0.15) is 6.10 Å². The summed E-state index contributed by atoms with van der Waals surface area (Å²) >= 11 is 0. The van der Waals surface area contributed by atoms with Crippen molar-refractivity contribution in [3.63, 3.8) is 0 Å². The Morgan fingerprint density at radius 1 is 1.13 bits per heavy atom. The van der Waals surface area contributed by atoms with Gasteiger partial charge in [0.15, 0.2) is 0 Å². The summed E-state index contributed by atoms with van der Waals surface area (Å²) in [6, 6.07) is 9.14. The van der Waals surface area contributed by atoms with Crippen molar-refractivity contribution in [3.05, 3.63) is 35.4 Å². The largest absolute Gasteiger partial charge is 0.368 e. The van der Waals surface area contributed by atoms with E-state index < -0.39 is 0 Å². The molecule has 1 aliphatic carbocycles. The van der Waals surface area contributed by atoms with Crippen molar-refractivity contribution in [2.75, 3.05) is 19.7 Å². The Kier molecular flexibility index (Phi) is 4.36. The third-order valence-corrected chi connectivity index (χ3v) is 5.61. The molecule has 4 heteroatoms. The molecule has 3 atom stereocenters. The first-order valence-corrected chi connectivity index (χ1v) is 9.07. The van der Waals surface area contributed by atoms with Gasteiger partial charge in [-0.3, -0.25) is 9.69 Å². The third kappa shape index (κ3) is 3.02. The molecule has 0 radical (unpaired) electrons. The fourth-order valence-corrected chi connectivity index (χ4v) is 4.41. The second-order valence-electron chi connectivity index (χ2n) is 7.04. The van der Waals surface area contributed by atoms with E-state index in [2.05, 4.69) is 34.5 Å². The van der Waals surface area contributed by atoms with Crippen molar-refractivity contribution in [2.24, 2.45) is 0 Å². The highest BCUT2D eigenvalue weighted by atomic mass is 16.5. The van der Waals surface area contributed by atoms with Crippen molar-refractivity contribution in [1.29, 1.82) is 0 Å². The maximum Gasteiger partial charge on any atom is 0.249 e. The highest BCUT2D eigenvalue weighted by Gasteiger charge is 2.37. The van der Waals surface area contributed by atoms with E-state index in [1.54, 1.807) is 0 Å². The number of nitrogens with zero attached hydrogens (tertiary/aromatic N) is 1. The van der Waals surface area contributed by atoms with Crippen LogP contribution in [0.1, 0.15) is 49.3 Å². The average molecular weight is 314 g/mol. The second kappa shape index (κ2) is 6.62. The molecule has 1 aromatic carbocycles. The van der Waals surface area contributed by atoms with Crippen LogP contribution in [0.5, 0.6) is 0 Å². The molecule has 2 fully saturated rings. The van der Waals surface area contributed by atoms with Gasteiger partial charge in [-0.15, -0.1) is 0 Å². The van der Waals surface area contributed by atoms with Gasteiger partial charge >= 0.3 is 0 Å². The highest BCUT2D eigenvalue weighted by molar-refractivity contribution is 5.81. The molecule has 2 unspecified atom stereocenters. The van der Waals surface area contributed by atoms with Gasteiger partial charge in [0.2, 0.25) is 5.91 Å². The Morgan fingerprint density at radius 2 is 1.96 bits per heavy atom. The predicted octanol–water partition coefficient (Wildman–Crippen LogP) is 2.43. The Labute approximate surface area is 138 Å². The number of benzene rings is 1. The number of amides is 1. The van der Waals surface area contributed by atoms with Crippen molar-refractivity contribution in [3.8, 4) is 0 Å². The standard InChI is InChI=1S/C19H26N2O2/c22-19(17-8-5-13-23-17)20-18-15-7-2-1-6-14(15)9-10-16(18)21-11-3-4-12-21/h1-2,6-7,16-18H,3-5,8-13H2,(H,20,22)/t16?,17-,18?/m1/s1. The molecule has 0 saturated carbocycles. The predicted molar refractivity (Wildman–Crippen MR) is 89.2 cm³/mol. The van der Waals surface area contributed by atoms with E-state index in [4.69, 9.17) is 4.74 Å². The van der Waals surface area contributed by atoms with Crippen LogP contribution in [-0.2, 0) is 16.0 Å². The summed E-state index contributed by atoms with van der Waals surface area (Å²) in [6.07, 6.45) is 6.42. The van der Waals surface area contributed by atoms with Crippen LogP contribution in [0, 0.1) is 0 Å². The first-order chi connectivity index (χ1) is 11.3. The topological polar surface area (TPSA) is 41.6 Å². The van der Waals surface area contributed by atoms with Gasteiger partial charge < -0.3 is 10.1 Å². The highest BCUT2D eigenvalue weighted by Crippen LogP contribution is 2.34. The molecule has 2 saturated heterocycles. The number of hydrogen-bond acceptors (Lipinski definition) is 3. The first-order valence-electron chi connectivity index (χ1n) is 9.07. The van der Waals surface area contributed by atoms with E-state index in [-0.39, 0.29) is 18.1 Å². The Balaban J connectivity index is 1.58. The molecule has 2 aliphatic heterocycles. The number of nitrogens with one attached hydrogen (secondary N) is 1. The van der Waals surface area contributed by atoms with E-state index in [1.165, 1.54) is 37.1 Å². The van der Waals surface area contributed by atoms with E-state index in [0.29, 0.717) is 6.04 Å². The van der Waals surface area contributed by atoms with Crippen LogP contribution in [0.25, 0.3) is 0 Å². The number of likely N-dealkylation sites (tertiary alicyclic amines) is 1. The third-order valence-electron chi connectivity index (χ3n) is 5.61. The molecule has 1 aromatic rings. The van der Waals surface area contributed by atoms with E-state index in [0.717, 1.165) is 32.3 Å². The maximum absolute atomic E-state index is 12.6. The molecule has 3 aliphatic rings. The molecule has 4 rings (SSSR count). The van der Waals surface area contributed by atoms with Crippen LogP contribution in [0.3, 0.4) is 0 Å². The summed E-state index contributed by atoms with van der Waals surface area (Å²) in [5.74, 6) is 0.0772. The SMILES string of the molecule is O=C(NC1c2ccccc2CCC1N1CCCC1)[C@H]1CCCO1. The number of carbonyl (C=O) groups is 1. The molecule has 4 nitrogen and oxygen atoms in total. The minimum atomic E-state index is -0.247. The quantitative estimate of drug-likeness (QED) is 0.932. The lowest BCUT2D eigenvalue weighted by Crippen LogP contribution is -2.49. The van der Waals surface area contributed by atoms with Crippen LogP contribution in [0.15, 0.2) is 24.3 Å². The zero-order valence-electron chi connectivity index (χ0n) is 13.7. The molecule has 0 bridgehead atoms. The van der Waals surface area contributed by atoms with Crippen LogP contribution in [0.2, 0.25) is 0 Å². The summed E-state index contributed by atoms with van der Waals surface area (Å²) in [5, 5.41) is 3.34. The van der Waals surface area contributed by atoms with Gasteiger partial charge in [-0.1, -0.05) is 24.3 Å². The normalized spacial score (nSPS) is 31.0. The molecule has 1 N–H and O–H groups in total. The molecule has 0 spiro atoms. The molecule has 23 heavy (non-hydrogen) atoms. The number of rotatable bonds is 3. The van der Waals surface area contributed by atoms with E-state index >= 15 is 0 Å². The van der Waals surface area contributed by atoms with Gasteiger partial charge in [0.25, 0.3) is 0 Å². The van der Waals surface area contributed by atoms with Crippen LogP contribution in [0.4, 0.5) is 0 Å². The number of carbonyl (C=O) groups excluding carboxylic acids is 1. The first kappa shape index (κ1) is 15.2. The van der Waals surface area contributed by atoms with Gasteiger partial charge in [-0.2, -0.15) is 0 Å². The molecule has 124 valence electrons. The van der Waals surface area contributed by atoms with Crippen LogP contribution < -0.4 is 5.32 Å². The van der Waals surface area contributed by atoms with Crippen molar-refractivity contribution in [1.82, 2.24) is 10.2 Å². The van der Waals surface area contributed by atoms with E-state index in [9.17, 15) is 4.79 Å². The van der Waals surface area contributed by atoms with Gasteiger partial charge in [0.05, 0.1) is 6.04 Å². The lowest BCUT2D eigenvalue weighted by Gasteiger charge is -2.40. The van der Waals surface area contributed by atoms with Crippen LogP contribution in [-0.4, -0.2) is 42.6 Å². The summed E-state index contributed by atoms with van der Waals surface area (Å²) in [4.78, 5) is 15.2. The van der Waals surface area contributed by atoms with Gasteiger partial charge in [0, 0.05) is 12.6 Å². The van der Waals surface area contributed by atoms with Crippen LogP contribution >= 0.6 is 0 Å². The summed E-state index contributed by atoms with van der Waals surface area (Å²) in [6.45, 7) is 3.05. The van der Waals surface area contributed by atoms with Crippen molar-refractivity contribution >= 4 is 5.91 Å². The molecule has 1 amide bonds. The molecule has 2 heterocycles. The fraction of sp³-hybridized carbons (Fsp3) is 0.632. The van der Waals surface area contributed by atoms with Gasteiger partial charge in [-0.05, 0) is 62.7 Å². The Bertz CT molecular complexity index is 562. The number of fused-ring (bicyclic) bond motifs is 1. The lowest BCUT2D eigenvalue weighted by atomic mass is 9.83. The summed E-state index contributed by atoms with van der Waals surface area (Å²) < 4.78 is 5.58. The molecular formula is C19H26N2O2. The zero-order chi connectivity index (χ0) is 15.6. The minimum absolute atomic E-state index is 0.0772. The second-order valence-corrected chi connectivity index (χ2v) is 7.04. The molecular weight excluding hydrogens is 288 g/mol. The van der Waals surface area contributed by atoms with E-state index in [1.807, 2.05) is 0 Å². The average Bonchev–Trinajstić information content (AvgIpc) is 3.29. The lowest BCUT2D eigenvalue weighted by molar-refractivity contribution is -0.131. The Morgan fingerprint density at radius 3 is 2.74 bits per heavy atom. The molecule has 0 aromatic heterocycles. The monoisotopic (exact) mass is 314 g/mol. The van der Waals surface area contributed by atoms with Crippen molar-refractivity contribution in [2.45, 2.75) is 56.7 Å². The fourth-order valence-electron chi connectivity index (χ4n) is 4.41. The Hall–Kier alpha value is -1.39. The maximum atomic E-state index is 12.6. The smallest absolute Gasteiger partial charge is 0.249 e. The summed E-state index contributed by atoms with van der Waals surface area (Å²) in [7, 11) is 0. The number of aryl methyl sites for hydroxylation is 1. The van der Waals surface area contributed by atoms with Gasteiger partial charge in [-0.25, -0.2) is 0 Å². The minimum Gasteiger partial charge on any atom is -0.368 e.